The largest absolute Gasteiger partial charge is 0.508 e. The molecule has 0 aliphatic heterocycles. The molecule has 5 amide bonds. The standard InChI is InChI=1S/C24H36N6O8S/c1-39-11-10-17(28-21(34)15(25)12-13-2-4-14(31)5-3-13)23(36)29-16(6-8-19(26)32)22(35)30-18(24(37)38)7-9-20(27)33/h2-5,15-18,31H,6-12,25H2,1H3,(H2,26,32)(H2,27,33)(H,28,34)(H,29,36)(H,30,35)(H,37,38). The van der Waals surface area contributed by atoms with Gasteiger partial charge in [-0.1, -0.05) is 12.1 Å². The van der Waals surface area contributed by atoms with E-state index in [9.17, 15) is 39.0 Å². The number of phenols is 1. The first-order chi connectivity index (χ1) is 18.3. The minimum absolute atomic E-state index is 0.0584. The molecule has 39 heavy (non-hydrogen) atoms. The van der Waals surface area contributed by atoms with E-state index in [0.717, 1.165) is 0 Å². The molecule has 0 aliphatic rings. The summed E-state index contributed by atoms with van der Waals surface area (Å²) < 4.78 is 0. The van der Waals surface area contributed by atoms with Crippen LogP contribution in [0.25, 0.3) is 0 Å². The van der Waals surface area contributed by atoms with Gasteiger partial charge in [-0.2, -0.15) is 11.8 Å². The van der Waals surface area contributed by atoms with Gasteiger partial charge in [-0.05, 0) is 55.4 Å². The summed E-state index contributed by atoms with van der Waals surface area (Å²) in [5, 5.41) is 26.0. The highest BCUT2D eigenvalue weighted by Crippen LogP contribution is 2.11. The number of benzene rings is 1. The molecule has 0 heterocycles. The second kappa shape index (κ2) is 16.9. The van der Waals surface area contributed by atoms with Crippen molar-refractivity contribution < 1.29 is 39.0 Å². The van der Waals surface area contributed by atoms with Gasteiger partial charge in [0.15, 0.2) is 0 Å². The zero-order valence-corrected chi connectivity index (χ0v) is 22.4. The molecule has 4 unspecified atom stereocenters. The second-order valence-corrected chi connectivity index (χ2v) is 9.78. The lowest BCUT2D eigenvalue weighted by Crippen LogP contribution is -2.57. The first-order valence-electron chi connectivity index (χ1n) is 12.1. The summed E-state index contributed by atoms with van der Waals surface area (Å²) in [6.45, 7) is 0. The van der Waals surface area contributed by atoms with Crippen molar-refractivity contribution in [1.82, 2.24) is 16.0 Å². The number of carboxylic acids is 1. The molecule has 4 atom stereocenters. The van der Waals surface area contributed by atoms with Gasteiger partial charge in [0.1, 0.15) is 23.9 Å². The number of hydrogen-bond donors (Lipinski definition) is 8. The fraction of sp³-hybridized carbons (Fsp3) is 0.500. The number of primary amides is 2. The summed E-state index contributed by atoms with van der Waals surface area (Å²) in [7, 11) is 0. The fourth-order valence-electron chi connectivity index (χ4n) is 3.41. The Labute approximate surface area is 229 Å². The zero-order valence-electron chi connectivity index (χ0n) is 21.6. The number of phenolic OH excluding ortho intramolecular Hbond substituents is 1. The molecule has 0 aromatic heterocycles. The van der Waals surface area contributed by atoms with Gasteiger partial charge in [0.25, 0.3) is 0 Å². The molecule has 1 rings (SSSR count). The van der Waals surface area contributed by atoms with Crippen LogP contribution < -0.4 is 33.2 Å². The summed E-state index contributed by atoms with van der Waals surface area (Å²) in [4.78, 5) is 72.6. The van der Waals surface area contributed by atoms with Crippen LogP contribution in [0.5, 0.6) is 5.75 Å². The average molecular weight is 569 g/mol. The quantitative estimate of drug-likeness (QED) is 0.0974. The van der Waals surface area contributed by atoms with E-state index >= 15 is 0 Å². The molecule has 0 saturated heterocycles. The van der Waals surface area contributed by atoms with Gasteiger partial charge in [-0.3, -0.25) is 24.0 Å². The smallest absolute Gasteiger partial charge is 0.326 e. The van der Waals surface area contributed by atoms with Gasteiger partial charge in [0.05, 0.1) is 6.04 Å². The Morgan fingerprint density at radius 1 is 0.795 bits per heavy atom. The van der Waals surface area contributed by atoms with Gasteiger partial charge in [-0.25, -0.2) is 4.79 Å². The SMILES string of the molecule is CSCCC(NC(=O)C(N)Cc1ccc(O)cc1)C(=O)NC(CCC(N)=O)C(=O)NC(CCC(N)=O)C(=O)O. The van der Waals surface area contributed by atoms with Crippen LogP contribution in [0.15, 0.2) is 24.3 Å². The maximum absolute atomic E-state index is 13.1. The van der Waals surface area contributed by atoms with E-state index < -0.39 is 59.7 Å². The van der Waals surface area contributed by atoms with E-state index in [2.05, 4.69) is 16.0 Å². The molecule has 216 valence electrons. The van der Waals surface area contributed by atoms with E-state index in [1.165, 1.54) is 23.9 Å². The Hall–Kier alpha value is -3.85. The number of carboxylic acid groups (broad SMARTS) is 1. The molecule has 0 radical (unpaired) electrons. The molecule has 1 aromatic rings. The third kappa shape index (κ3) is 13.0. The number of hydrogen-bond acceptors (Lipinski definition) is 9. The average Bonchev–Trinajstić information content (AvgIpc) is 2.87. The molecule has 0 saturated carbocycles. The molecule has 0 bridgehead atoms. The Balaban J connectivity index is 2.98. The normalized spacial score (nSPS) is 13.8. The Morgan fingerprint density at radius 3 is 1.74 bits per heavy atom. The van der Waals surface area contributed by atoms with E-state index in [4.69, 9.17) is 17.2 Å². The van der Waals surface area contributed by atoms with Gasteiger partial charge in [-0.15, -0.1) is 0 Å². The molecule has 11 N–H and O–H groups in total. The van der Waals surface area contributed by atoms with Crippen molar-refractivity contribution in [2.45, 2.75) is 62.7 Å². The number of carbonyl (C=O) groups excluding carboxylic acids is 5. The van der Waals surface area contributed by atoms with Crippen molar-refractivity contribution in [3.8, 4) is 5.75 Å². The monoisotopic (exact) mass is 568 g/mol. The van der Waals surface area contributed by atoms with E-state index in [0.29, 0.717) is 11.3 Å². The lowest BCUT2D eigenvalue weighted by Gasteiger charge is -2.25. The van der Waals surface area contributed by atoms with Crippen LogP contribution >= 0.6 is 11.8 Å². The maximum atomic E-state index is 13.1. The van der Waals surface area contributed by atoms with Crippen molar-refractivity contribution in [2.75, 3.05) is 12.0 Å². The first kappa shape index (κ1) is 33.2. The zero-order chi connectivity index (χ0) is 29.5. The summed E-state index contributed by atoms with van der Waals surface area (Å²) in [6, 6.07) is 1.18. The Morgan fingerprint density at radius 2 is 1.26 bits per heavy atom. The van der Waals surface area contributed by atoms with Crippen LogP contribution in [-0.4, -0.2) is 81.9 Å². The van der Waals surface area contributed by atoms with Crippen molar-refractivity contribution in [1.29, 1.82) is 0 Å². The lowest BCUT2D eigenvalue weighted by atomic mass is 10.0. The maximum Gasteiger partial charge on any atom is 0.326 e. The predicted octanol–water partition coefficient (Wildman–Crippen LogP) is -1.91. The van der Waals surface area contributed by atoms with Crippen LogP contribution in [0.2, 0.25) is 0 Å². The Kier molecular flexibility index (Phi) is 14.4. The van der Waals surface area contributed by atoms with Crippen LogP contribution in [0, 0.1) is 0 Å². The van der Waals surface area contributed by atoms with Crippen LogP contribution in [0.4, 0.5) is 0 Å². The highest BCUT2D eigenvalue weighted by atomic mass is 32.2. The molecule has 14 nitrogen and oxygen atoms in total. The number of nitrogens with two attached hydrogens (primary N) is 3. The summed E-state index contributed by atoms with van der Waals surface area (Å²) in [5.41, 5.74) is 16.9. The molecular formula is C24H36N6O8S. The molecule has 1 aromatic carbocycles. The van der Waals surface area contributed by atoms with Crippen molar-refractivity contribution in [3.05, 3.63) is 29.8 Å². The predicted molar refractivity (Wildman–Crippen MR) is 143 cm³/mol. The van der Waals surface area contributed by atoms with E-state index in [1.54, 1.807) is 18.4 Å². The number of thioether (sulfide) groups is 1. The molecule has 15 heteroatoms. The number of aliphatic carboxylic acids is 1. The van der Waals surface area contributed by atoms with Crippen molar-refractivity contribution in [3.63, 3.8) is 0 Å². The summed E-state index contributed by atoms with van der Waals surface area (Å²) in [5.74, 6) is -4.69. The topological polar surface area (TPSA) is 257 Å². The molecule has 0 aliphatic carbocycles. The van der Waals surface area contributed by atoms with E-state index in [-0.39, 0.29) is 44.3 Å². The minimum atomic E-state index is -1.47. The summed E-state index contributed by atoms with van der Waals surface area (Å²) in [6.07, 6.45) is 1.00. The van der Waals surface area contributed by atoms with Crippen molar-refractivity contribution in [2.24, 2.45) is 17.2 Å². The van der Waals surface area contributed by atoms with Crippen LogP contribution in [0.3, 0.4) is 0 Å². The van der Waals surface area contributed by atoms with Gasteiger partial charge < -0.3 is 43.4 Å². The van der Waals surface area contributed by atoms with Crippen LogP contribution in [-0.2, 0) is 35.2 Å². The number of aromatic hydroxyl groups is 1. The lowest BCUT2D eigenvalue weighted by molar-refractivity contribution is -0.142. The molecule has 0 fully saturated rings. The Bertz CT molecular complexity index is 1020. The number of carbonyl (C=O) groups is 6. The van der Waals surface area contributed by atoms with Gasteiger partial charge in [0, 0.05) is 12.8 Å². The molecule has 0 spiro atoms. The highest BCUT2D eigenvalue weighted by molar-refractivity contribution is 7.98. The third-order valence-corrected chi connectivity index (χ3v) is 6.22. The first-order valence-corrected chi connectivity index (χ1v) is 13.5. The third-order valence-electron chi connectivity index (χ3n) is 5.58. The fourth-order valence-corrected chi connectivity index (χ4v) is 3.88. The number of nitrogens with one attached hydrogen (secondary N) is 3. The number of amides is 5. The van der Waals surface area contributed by atoms with Gasteiger partial charge >= 0.3 is 5.97 Å². The highest BCUT2D eigenvalue weighted by Gasteiger charge is 2.30. The minimum Gasteiger partial charge on any atom is -0.508 e. The van der Waals surface area contributed by atoms with Crippen molar-refractivity contribution >= 4 is 47.3 Å². The number of rotatable bonds is 18. The summed E-state index contributed by atoms with van der Waals surface area (Å²) >= 11 is 1.42. The van der Waals surface area contributed by atoms with Crippen LogP contribution in [0.1, 0.15) is 37.7 Å². The van der Waals surface area contributed by atoms with Gasteiger partial charge in [0.2, 0.25) is 29.5 Å². The second-order valence-electron chi connectivity index (χ2n) is 8.79. The van der Waals surface area contributed by atoms with E-state index in [1.807, 2.05) is 0 Å². The molecular weight excluding hydrogens is 532 g/mol.